The summed E-state index contributed by atoms with van der Waals surface area (Å²) in [5.41, 5.74) is 1.51. The maximum atomic E-state index is 13.8. The molecule has 2 saturated heterocycles. The van der Waals surface area contributed by atoms with E-state index >= 15 is 0 Å². The van der Waals surface area contributed by atoms with Crippen LogP contribution >= 0.6 is 0 Å². The average molecular weight is 333 g/mol. The topological polar surface area (TPSA) is 52.7 Å². The Kier molecular flexibility index (Phi) is 5.14. The van der Waals surface area contributed by atoms with Gasteiger partial charge in [-0.1, -0.05) is 12.1 Å². The van der Waals surface area contributed by atoms with Crippen LogP contribution in [0.1, 0.15) is 35.2 Å². The molecule has 0 aliphatic carbocycles. The molecule has 6 heteroatoms. The zero-order chi connectivity index (χ0) is 17.1. The Morgan fingerprint density at radius 2 is 2.25 bits per heavy atom. The molecule has 0 saturated carbocycles. The Hall–Kier alpha value is -1.95. The quantitative estimate of drug-likeness (QED) is 0.890. The number of nitrogens with zero attached hydrogens (tertiary/aromatic N) is 2. The number of benzene rings is 1. The summed E-state index contributed by atoms with van der Waals surface area (Å²) in [5.74, 6) is 0.0330. The first-order chi connectivity index (χ1) is 11.6. The van der Waals surface area contributed by atoms with Crippen LogP contribution in [0, 0.1) is 0 Å². The smallest absolute Gasteiger partial charge is 0.254 e. The number of likely N-dealkylation sites (tertiary alicyclic amines) is 2. The van der Waals surface area contributed by atoms with Gasteiger partial charge in [0.2, 0.25) is 5.91 Å². The van der Waals surface area contributed by atoms with Gasteiger partial charge in [0.1, 0.15) is 6.17 Å². The molecule has 24 heavy (non-hydrogen) atoms. The predicted molar refractivity (Wildman–Crippen MR) is 89.4 cm³/mol. The van der Waals surface area contributed by atoms with Crippen LogP contribution in [-0.2, 0) is 11.3 Å². The molecular weight excluding hydrogens is 309 g/mol. The lowest BCUT2D eigenvalue weighted by atomic mass is 10.1. The SMILES string of the molecule is CNC[C@@H]1C[C@H](F)CN1C(=O)c1cccc(CN2CCCC2=O)c1. The van der Waals surface area contributed by atoms with Crippen molar-refractivity contribution in [1.82, 2.24) is 15.1 Å². The maximum absolute atomic E-state index is 13.8. The highest BCUT2D eigenvalue weighted by Gasteiger charge is 2.35. The van der Waals surface area contributed by atoms with Gasteiger partial charge in [0.15, 0.2) is 0 Å². The minimum atomic E-state index is -0.960. The second-order valence-corrected chi connectivity index (χ2v) is 6.62. The van der Waals surface area contributed by atoms with Crippen LogP contribution in [0.5, 0.6) is 0 Å². The molecule has 0 bridgehead atoms. The van der Waals surface area contributed by atoms with Gasteiger partial charge in [-0.05, 0) is 31.2 Å². The number of nitrogens with one attached hydrogen (secondary N) is 1. The number of carbonyl (C=O) groups excluding carboxylic acids is 2. The normalized spacial score (nSPS) is 24.0. The minimum Gasteiger partial charge on any atom is -0.338 e. The molecule has 1 aromatic rings. The lowest BCUT2D eigenvalue weighted by Gasteiger charge is -2.24. The molecule has 2 aliphatic rings. The Balaban J connectivity index is 1.73. The van der Waals surface area contributed by atoms with Gasteiger partial charge in [-0.3, -0.25) is 9.59 Å². The van der Waals surface area contributed by atoms with Gasteiger partial charge in [-0.15, -0.1) is 0 Å². The van der Waals surface area contributed by atoms with Crippen molar-refractivity contribution in [3.63, 3.8) is 0 Å². The third-order valence-corrected chi connectivity index (χ3v) is 4.78. The van der Waals surface area contributed by atoms with E-state index in [-0.39, 0.29) is 24.4 Å². The fourth-order valence-electron chi connectivity index (χ4n) is 3.60. The number of hydrogen-bond acceptors (Lipinski definition) is 3. The molecule has 2 atom stereocenters. The summed E-state index contributed by atoms with van der Waals surface area (Å²) in [7, 11) is 1.81. The third kappa shape index (κ3) is 3.59. The molecule has 0 radical (unpaired) electrons. The van der Waals surface area contributed by atoms with E-state index in [9.17, 15) is 14.0 Å². The number of alkyl halides is 1. The summed E-state index contributed by atoms with van der Waals surface area (Å²) in [6.45, 7) is 2.05. The molecule has 2 aliphatic heterocycles. The lowest BCUT2D eigenvalue weighted by molar-refractivity contribution is -0.128. The van der Waals surface area contributed by atoms with Gasteiger partial charge in [-0.25, -0.2) is 4.39 Å². The number of hydrogen-bond donors (Lipinski definition) is 1. The van der Waals surface area contributed by atoms with E-state index in [1.807, 2.05) is 30.1 Å². The number of carbonyl (C=O) groups is 2. The minimum absolute atomic E-state index is 0.110. The molecule has 0 unspecified atom stereocenters. The van der Waals surface area contributed by atoms with E-state index in [1.54, 1.807) is 11.0 Å². The van der Waals surface area contributed by atoms with Crippen molar-refractivity contribution in [3.05, 3.63) is 35.4 Å². The highest BCUT2D eigenvalue weighted by Crippen LogP contribution is 2.23. The van der Waals surface area contributed by atoms with E-state index in [0.717, 1.165) is 18.5 Å². The van der Waals surface area contributed by atoms with Crippen molar-refractivity contribution in [2.45, 2.75) is 38.0 Å². The molecule has 5 nitrogen and oxygen atoms in total. The van der Waals surface area contributed by atoms with Crippen LogP contribution in [0.3, 0.4) is 0 Å². The molecule has 3 rings (SSSR count). The Labute approximate surface area is 141 Å². The van der Waals surface area contributed by atoms with Gasteiger partial charge < -0.3 is 15.1 Å². The van der Waals surface area contributed by atoms with E-state index in [1.165, 1.54) is 0 Å². The summed E-state index contributed by atoms with van der Waals surface area (Å²) >= 11 is 0. The lowest BCUT2D eigenvalue weighted by Crippen LogP contribution is -2.41. The van der Waals surface area contributed by atoms with Crippen LogP contribution in [-0.4, -0.2) is 60.5 Å². The van der Waals surface area contributed by atoms with Crippen molar-refractivity contribution >= 4 is 11.8 Å². The van der Waals surface area contributed by atoms with Crippen molar-refractivity contribution in [1.29, 1.82) is 0 Å². The molecule has 2 heterocycles. The van der Waals surface area contributed by atoms with Gasteiger partial charge in [0.25, 0.3) is 5.91 Å². The van der Waals surface area contributed by atoms with Gasteiger partial charge >= 0.3 is 0 Å². The van der Waals surface area contributed by atoms with E-state index in [4.69, 9.17) is 0 Å². The van der Waals surface area contributed by atoms with Crippen LogP contribution in [0.15, 0.2) is 24.3 Å². The van der Waals surface area contributed by atoms with Gasteiger partial charge in [-0.2, -0.15) is 0 Å². The highest BCUT2D eigenvalue weighted by atomic mass is 19.1. The molecule has 0 aromatic heterocycles. The Morgan fingerprint density at radius 3 is 2.96 bits per heavy atom. The number of rotatable bonds is 5. The molecular formula is C18H24FN3O2. The number of halogens is 1. The summed E-state index contributed by atoms with van der Waals surface area (Å²) in [4.78, 5) is 28.0. The number of likely N-dealkylation sites (N-methyl/N-ethyl adjacent to an activating group) is 1. The summed E-state index contributed by atoms with van der Waals surface area (Å²) in [6.07, 6.45) is 0.928. The van der Waals surface area contributed by atoms with Gasteiger partial charge in [0, 0.05) is 44.1 Å². The Morgan fingerprint density at radius 1 is 1.42 bits per heavy atom. The summed E-state index contributed by atoms with van der Waals surface area (Å²) in [5, 5.41) is 3.03. The Bertz CT molecular complexity index is 622. The van der Waals surface area contributed by atoms with Gasteiger partial charge in [0.05, 0.1) is 6.54 Å². The first-order valence-corrected chi connectivity index (χ1v) is 8.55. The highest BCUT2D eigenvalue weighted by molar-refractivity contribution is 5.95. The van der Waals surface area contributed by atoms with E-state index < -0.39 is 6.17 Å². The summed E-state index contributed by atoms with van der Waals surface area (Å²) < 4.78 is 13.8. The monoisotopic (exact) mass is 333 g/mol. The van der Waals surface area contributed by atoms with Crippen LogP contribution in [0.25, 0.3) is 0 Å². The van der Waals surface area contributed by atoms with Crippen molar-refractivity contribution in [2.75, 3.05) is 26.7 Å². The first-order valence-electron chi connectivity index (χ1n) is 8.55. The molecule has 1 aromatic carbocycles. The first kappa shape index (κ1) is 16.9. The zero-order valence-electron chi connectivity index (χ0n) is 14.0. The van der Waals surface area contributed by atoms with E-state index in [2.05, 4.69) is 5.32 Å². The number of amides is 2. The largest absolute Gasteiger partial charge is 0.338 e. The molecule has 0 spiro atoms. The van der Waals surface area contributed by atoms with Crippen molar-refractivity contribution in [2.24, 2.45) is 0 Å². The standard InChI is InChI=1S/C18H24FN3O2/c1-20-10-16-9-15(19)12-22(16)18(24)14-5-2-4-13(8-14)11-21-7-3-6-17(21)23/h2,4-5,8,15-16,20H,3,6-7,9-12H2,1H3/t15-,16-/m0/s1. The third-order valence-electron chi connectivity index (χ3n) is 4.78. The molecule has 130 valence electrons. The zero-order valence-corrected chi connectivity index (χ0v) is 14.0. The van der Waals surface area contributed by atoms with Crippen molar-refractivity contribution < 1.29 is 14.0 Å². The molecule has 2 amide bonds. The van der Waals surface area contributed by atoms with E-state index in [0.29, 0.717) is 31.5 Å². The molecule has 1 N–H and O–H groups in total. The second kappa shape index (κ2) is 7.30. The van der Waals surface area contributed by atoms with Crippen molar-refractivity contribution in [3.8, 4) is 0 Å². The predicted octanol–water partition coefficient (Wildman–Crippen LogP) is 1.58. The van der Waals surface area contributed by atoms with Crippen LogP contribution in [0.2, 0.25) is 0 Å². The van der Waals surface area contributed by atoms with Crippen LogP contribution in [0.4, 0.5) is 4.39 Å². The second-order valence-electron chi connectivity index (χ2n) is 6.62. The summed E-state index contributed by atoms with van der Waals surface area (Å²) in [6, 6.07) is 7.24. The average Bonchev–Trinajstić information content (AvgIpc) is 3.13. The fraction of sp³-hybridized carbons (Fsp3) is 0.556. The maximum Gasteiger partial charge on any atom is 0.254 e. The fourth-order valence-corrected chi connectivity index (χ4v) is 3.60. The molecule has 2 fully saturated rings. The van der Waals surface area contributed by atoms with Crippen LogP contribution < -0.4 is 5.32 Å².